The van der Waals surface area contributed by atoms with Crippen LogP contribution in [-0.4, -0.2) is 23.3 Å². The van der Waals surface area contributed by atoms with Crippen LogP contribution in [0.15, 0.2) is 47.5 Å². The smallest absolute Gasteiger partial charge is 0.243 e. The Kier molecular flexibility index (Phi) is 3.59. The molecular weight excluding hydrogens is 291 g/mol. The quantitative estimate of drug-likeness (QED) is 0.852. The molecule has 112 valence electrons. The van der Waals surface area contributed by atoms with E-state index >= 15 is 0 Å². The lowest BCUT2D eigenvalue weighted by molar-refractivity contribution is 0.390. The first-order valence-corrected chi connectivity index (χ1v) is 8.30. The van der Waals surface area contributed by atoms with Crippen LogP contribution in [0.4, 0.5) is 4.39 Å². The first-order valence-electron chi connectivity index (χ1n) is 6.86. The molecule has 0 spiro atoms. The standard InChI is InChI=1S/C15H17FN2O2S/c1-17-9-3-5-14(17)11-18(13-7-8-13)21(19,20)15-6-2-4-12(16)10-15/h2-6,9-10,13H,7-8,11H2,1H3. The van der Waals surface area contributed by atoms with Gasteiger partial charge in [0.15, 0.2) is 0 Å². The highest BCUT2D eigenvalue weighted by atomic mass is 32.2. The molecule has 1 fully saturated rings. The van der Waals surface area contributed by atoms with Gasteiger partial charge in [-0.3, -0.25) is 0 Å². The summed E-state index contributed by atoms with van der Waals surface area (Å²) in [5.41, 5.74) is 0.918. The van der Waals surface area contributed by atoms with Gasteiger partial charge in [0.25, 0.3) is 0 Å². The lowest BCUT2D eigenvalue weighted by Gasteiger charge is -2.22. The molecule has 3 rings (SSSR count). The number of halogens is 1. The van der Waals surface area contributed by atoms with Crippen LogP contribution in [0.2, 0.25) is 0 Å². The summed E-state index contributed by atoms with van der Waals surface area (Å²) in [6.45, 7) is 0.313. The van der Waals surface area contributed by atoms with E-state index in [2.05, 4.69) is 0 Å². The van der Waals surface area contributed by atoms with E-state index in [0.717, 1.165) is 24.6 Å². The molecule has 2 aromatic rings. The van der Waals surface area contributed by atoms with E-state index in [4.69, 9.17) is 0 Å². The minimum absolute atomic E-state index is 0.0172. The van der Waals surface area contributed by atoms with Gasteiger partial charge < -0.3 is 4.57 Å². The lowest BCUT2D eigenvalue weighted by Crippen LogP contribution is -2.33. The van der Waals surface area contributed by atoms with Crippen LogP contribution in [0.25, 0.3) is 0 Å². The topological polar surface area (TPSA) is 42.3 Å². The Morgan fingerprint density at radius 1 is 1.29 bits per heavy atom. The molecule has 0 bridgehead atoms. The monoisotopic (exact) mass is 308 g/mol. The first kappa shape index (κ1) is 14.3. The normalized spacial score (nSPS) is 15.6. The minimum Gasteiger partial charge on any atom is -0.353 e. The summed E-state index contributed by atoms with van der Waals surface area (Å²) >= 11 is 0. The summed E-state index contributed by atoms with van der Waals surface area (Å²) in [7, 11) is -1.79. The van der Waals surface area contributed by atoms with E-state index in [1.165, 1.54) is 22.5 Å². The molecule has 0 N–H and O–H groups in total. The fourth-order valence-electron chi connectivity index (χ4n) is 2.36. The van der Waals surface area contributed by atoms with Crippen LogP contribution in [0.5, 0.6) is 0 Å². The predicted octanol–water partition coefficient (Wildman–Crippen LogP) is 2.52. The van der Waals surface area contributed by atoms with Crippen molar-refractivity contribution < 1.29 is 12.8 Å². The summed E-state index contributed by atoms with van der Waals surface area (Å²) in [6.07, 6.45) is 3.60. The summed E-state index contributed by atoms with van der Waals surface area (Å²) in [5.74, 6) is -0.536. The van der Waals surface area contributed by atoms with Crippen molar-refractivity contribution in [3.05, 3.63) is 54.1 Å². The van der Waals surface area contributed by atoms with Crippen molar-refractivity contribution in [1.29, 1.82) is 0 Å². The second-order valence-electron chi connectivity index (χ2n) is 5.35. The largest absolute Gasteiger partial charge is 0.353 e. The highest BCUT2D eigenvalue weighted by Crippen LogP contribution is 2.33. The van der Waals surface area contributed by atoms with Gasteiger partial charge in [-0.15, -0.1) is 0 Å². The number of hydrogen-bond acceptors (Lipinski definition) is 2. The van der Waals surface area contributed by atoms with E-state index in [9.17, 15) is 12.8 Å². The van der Waals surface area contributed by atoms with Gasteiger partial charge in [-0.2, -0.15) is 4.31 Å². The summed E-state index contributed by atoms with van der Waals surface area (Å²) < 4.78 is 42.2. The third kappa shape index (κ3) is 2.87. The fourth-order valence-corrected chi connectivity index (χ4v) is 4.04. The Morgan fingerprint density at radius 2 is 2.05 bits per heavy atom. The van der Waals surface area contributed by atoms with Crippen LogP contribution in [0, 0.1) is 5.82 Å². The second-order valence-corrected chi connectivity index (χ2v) is 7.24. The van der Waals surface area contributed by atoms with Crippen molar-refractivity contribution in [2.75, 3.05) is 0 Å². The molecule has 1 saturated carbocycles. The molecular formula is C15H17FN2O2S. The molecule has 0 amide bonds. The average molecular weight is 308 g/mol. The molecule has 1 aromatic heterocycles. The van der Waals surface area contributed by atoms with Gasteiger partial charge in [-0.05, 0) is 43.2 Å². The van der Waals surface area contributed by atoms with E-state index < -0.39 is 15.8 Å². The SMILES string of the molecule is Cn1cccc1CN(C1CC1)S(=O)(=O)c1cccc(F)c1. The van der Waals surface area contributed by atoms with E-state index in [1.807, 2.05) is 29.9 Å². The molecule has 0 saturated heterocycles. The molecule has 1 aliphatic carbocycles. The van der Waals surface area contributed by atoms with Gasteiger partial charge in [0.2, 0.25) is 10.0 Å². The van der Waals surface area contributed by atoms with Crippen LogP contribution in [0.3, 0.4) is 0 Å². The Bertz CT molecular complexity index is 751. The first-order chi connectivity index (χ1) is 9.98. The highest BCUT2D eigenvalue weighted by molar-refractivity contribution is 7.89. The maximum absolute atomic E-state index is 13.3. The second kappa shape index (κ2) is 5.27. The van der Waals surface area contributed by atoms with Gasteiger partial charge in [0.05, 0.1) is 11.4 Å². The van der Waals surface area contributed by atoms with Crippen molar-refractivity contribution in [3.63, 3.8) is 0 Å². The van der Waals surface area contributed by atoms with Crippen LogP contribution in [-0.2, 0) is 23.6 Å². The molecule has 21 heavy (non-hydrogen) atoms. The number of aromatic nitrogens is 1. The van der Waals surface area contributed by atoms with E-state index in [-0.39, 0.29) is 10.9 Å². The molecule has 1 heterocycles. The number of aryl methyl sites for hydroxylation is 1. The summed E-state index contributed by atoms with van der Waals surface area (Å²) in [6, 6.07) is 9.00. The molecule has 4 nitrogen and oxygen atoms in total. The molecule has 6 heteroatoms. The van der Waals surface area contributed by atoms with Crippen LogP contribution < -0.4 is 0 Å². The fraction of sp³-hybridized carbons (Fsp3) is 0.333. The number of hydrogen-bond donors (Lipinski definition) is 0. The third-order valence-electron chi connectivity index (χ3n) is 3.73. The number of rotatable bonds is 5. The zero-order valence-corrected chi connectivity index (χ0v) is 12.6. The van der Waals surface area contributed by atoms with Crippen molar-refractivity contribution in [3.8, 4) is 0 Å². The van der Waals surface area contributed by atoms with E-state index in [0.29, 0.717) is 6.54 Å². The van der Waals surface area contributed by atoms with Gasteiger partial charge in [-0.1, -0.05) is 6.07 Å². The minimum atomic E-state index is -3.67. The van der Waals surface area contributed by atoms with Gasteiger partial charge in [0, 0.05) is 25.0 Å². The van der Waals surface area contributed by atoms with Crippen molar-refractivity contribution >= 4 is 10.0 Å². The van der Waals surface area contributed by atoms with Crippen LogP contribution in [0.1, 0.15) is 18.5 Å². The molecule has 1 aromatic carbocycles. The van der Waals surface area contributed by atoms with Crippen molar-refractivity contribution in [2.24, 2.45) is 7.05 Å². The maximum Gasteiger partial charge on any atom is 0.243 e. The van der Waals surface area contributed by atoms with Crippen molar-refractivity contribution in [2.45, 2.75) is 30.3 Å². The van der Waals surface area contributed by atoms with Gasteiger partial charge in [-0.25, -0.2) is 12.8 Å². The van der Waals surface area contributed by atoms with E-state index in [1.54, 1.807) is 0 Å². The summed E-state index contributed by atoms with van der Waals surface area (Å²) in [4.78, 5) is 0.0172. The zero-order valence-electron chi connectivity index (χ0n) is 11.7. The van der Waals surface area contributed by atoms with Gasteiger partial charge >= 0.3 is 0 Å². The average Bonchev–Trinajstić information content (AvgIpc) is 3.19. The number of nitrogens with zero attached hydrogens (tertiary/aromatic N) is 2. The Hall–Kier alpha value is -1.66. The third-order valence-corrected chi connectivity index (χ3v) is 5.62. The van der Waals surface area contributed by atoms with Crippen molar-refractivity contribution in [1.82, 2.24) is 8.87 Å². The maximum atomic E-state index is 13.3. The number of sulfonamides is 1. The molecule has 0 radical (unpaired) electrons. The highest BCUT2D eigenvalue weighted by Gasteiger charge is 2.38. The Labute approximate surface area is 123 Å². The molecule has 0 aliphatic heterocycles. The molecule has 1 aliphatic rings. The summed E-state index contributed by atoms with van der Waals surface area (Å²) in [5, 5.41) is 0. The van der Waals surface area contributed by atoms with Crippen LogP contribution >= 0.6 is 0 Å². The Balaban J connectivity index is 1.95. The molecule has 0 atom stereocenters. The lowest BCUT2D eigenvalue weighted by atomic mass is 10.4. The molecule has 0 unspecified atom stereocenters. The zero-order chi connectivity index (χ0) is 15.0. The van der Waals surface area contributed by atoms with Gasteiger partial charge in [0.1, 0.15) is 5.82 Å². The predicted molar refractivity (Wildman–Crippen MR) is 77.6 cm³/mol. The number of benzene rings is 1. The Morgan fingerprint density at radius 3 is 2.62 bits per heavy atom.